The highest BCUT2D eigenvalue weighted by Crippen LogP contribution is 2.52. The van der Waals surface area contributed by atoms with Crippen molar-refractivity contribution >= 4 is 35.5 Å². The molecule has 3 amide bonds. The number of fused-ring (bicyclic) bond motifs is 2. The van der Waals surface area contributed by atoms with E-state index in [1.165, 1.54) is 16.7 Å². The van der Waals surface area contributed by atoms with Crippen molar-refractivity contribution in [3.8, 4) is 5.75 Å². The number of aliphatic carboxylic acids is 1. The number of amides is 3. The molecule has 3 aliphatic heterocycles. The number of benzene rings is 1. The minimum atomic E-state index is -1.16. The van der Waals surface area contributed by atoms with Gasteiger partial charge in [0.25, 0.3) is 11.8 Å². The number of imide groups is 1. The fourth-order valence-corrected chi connectivity index (χ4v) is 6.81. The first-order valence-corrected chi connectivity index (χ1v) is 12.7. The molecule has 0 spiro atoms. The molecule has 4 rings (SSSR count). The van der Waals surface area contributed by atoms with E-state index in [1.54, 1.807) is 13.8 Å². The van der Waals surface area contributed by atoms with Crippen LogP contribution in [-0.2, 0) is 32.1 Å². The molecule has 1 aromatic rings. The molecule has 4 N–H and O–H groups in total. The third-order valence-electron chi connectivity index (χ3n) is 6.79. The fourth-order valence-electron chi connectivity index (χ4n) is 5.14. The number of carbonyl (C=O) groups is 4. The van der Waals surface area contributed by atoms with Crippen LogP contribution >= 0.6 is 11.8 Å². The van der Waals surface area contributed by atoms with Crippen molar-refractivity contribution in [3.63, 3.8) is 0 Å². The van der Waals surface area contributed by atoms with Crippen molar-refractivity contribution in [2.45, 2.75) is 80.9 Å². The number of carboxylic acids is 1. The molecule has 5 atom stereocenters. The highest BCUT2D eigenvalue weighted by atomic mass is 32.2. The smallest absolute Gasteiger partial charge is 0.327 e. The number of carbonyl (C=O) groups excluding carboxylic acids is 3. The zero-order valence-corrected chi connectivity index (χ0v) is 21.1. The van der Waals surface area contributed by atoms with Gasteiger partial charge in [0, 0.05) is 24.1 Å². The van der Waals surface area contributed by atoms with Gasteiger partial charge in [0.2, 0.25) is 5.91 Å². The second-order valence-corrected chi connectivity index (χ2v) is 11.5. The summed E-state index contributed by atoms with van der Waals surface area (Å²) in [4.78, 5) is 53.9. The van der Waals surface area contributed by atoms with Crippen LogP contribution in [0.25, 0.3) is 0 Å². The van der Waals surface area contributed by atoms with E-state index in [0.717, 1.165) is 16.0 Å². The van der Waals surface area contributed by atoms with Gasteiger partial charge >= 0.3 is 5.97 Å². The number of ether oxygens (including phenoxy) is 1. The Balaban J connectivity index is 1.56. The molecule has 3 heterocycles. The zero-order valence-electron chi connectivity index (χ0n) is 20.3. The van der Waals surface area contributed by atoms with E-state index < -0.39 is 58.0 Å². The van der Waals surface area contributed by atoms with Crippen molar-refractivity contribution in [2.24, 2.45) is 5.73 Å². The van der Waals surface area contributed by atoms with E-state index in [-0.39, 0.29) is 6.42 Å². The summed E-state index contributed by atoms with van der Waals surface area (Å²) in [7, 11) is 1.86. The number of β-lactam (4-membered cyclic amide) rings is 1. The van der Waals surface area contributed by atoms with Gasteiger partial charge in [-0.25, -0.2) is 4.79 Å². The number of carboxylic acid groups (broad SMARTS) is 1. The van der Waals surface area contributed by atoms with Gasteiger partial charge in [0.1, 0.15) is 35.4 Å². The maximum Gasteiger partial charge on any atom is 0.327 e. The number of nitrogens with two attached hydrogens (primary N) is 1. The molecule has 3 aliphatic rings. The largest absolute Gasteiger partial charge is 0.488 e. The molecule has 0 aromatic heterocycles. The normalized spacial score (nSPS) is 26.9. The van der Waals surface area contributed by atoms with Crippen LogP contribution in [0.5, 0.6) is 5.75 Å². The summed E-state index contributed by atoms with van der Waals surface area (Å²) in [5, 5.41) is 12.2. The van der Waals surface area contributed by atoms with Gasteiger partial charge in [-0.2, -0.15) is 0 Å². The predicted octanol–water partition coefficient (Wildman–Crippen LogP) is 0.708. The summed E-state index contributed by atoms with van der Waals surface area (Å²) in [5.74, 6) is -2.17. The third kappa shape index (κ3) is 4.30. The topological polar surface area (TPSA) is 142 Å². The van der Waals surface area contributed by atoms with Crippen molar-refractivity contribution in [2.75, 3.05) is 7.05 Å². The molecular formula is C24H32N4O6S. The van der Waals surface area contributed by atoms with Crippen molar-refractivity contribution in [3.05, 3.63) is 29.3 Å². The van der Waals surface area contributed by atoms with E-state index in [2.05, 4.69) is 5.32 Å². The molecule has 2 saturated heterocycles. The highest BCUT2D eigenvalue weighted by molar-refractivity contribution is 8.01. The van der Waals surface area contributed by atoms with Crippen molar-refractivity contribution in [1.29, 1.82) is 0 Å². The monoisotopic (exact) mass is 504 g/mol. The van der Waals surface area contributed by atoms with Gasteiger partial charge in [-0.1, -0.05) is 19.1 Å². The molecule has 35 heavy (non-hydrogen) atoms. The van der Waals surface area contributed by atoms with Crippen LogP contribution in [0.3, 0.4) is 0 Å². The number of nitrogens with zero attached hydrogens (tertiary/aromatic N) is 2. The summed E-state index contributed by atoms with van der Waals surface area (Å²) in [6, 6.07) is 2.50. The van der Waals surface area contributed by atoms with Gasteiger partial charge in [0.15, 0.2) is 0 Å². The van der Waals surface area contributed by atoms with Crippen LogP contribution < -0.4 is 15.8 Å². The van der Waals surface area contributed by atoms with Gasteiger partial charge in [-0.3, -0.25) is 19.3 Å². The number of thioether (sulfide) groups is 1. The molecule has 0 saturated carbocycles. The molecule has 0 bridgehead atoms. The Hall–Kier alpha value is -2.63. The van der Waals surface area contributed by atoms with E-state index in [9.17, 15) is 24.3 Å². The average molecular weight is 505 g/mol. The van der Waals surface area contributed by atoms with Gasteiger partial charge < -0.3 is 25.8 Å². The first-order chi connectivity index (χ1) is 16.5. The maximum atomic E-state index is 13.6. The standard InChI is InChI=1S/C24H32N4O6S/c1-5-6-16(29)27(18-21(31)28-19(23(32)33)24(2,3)35-22(18)28)20(30)17(25)15-10-13-9-12(11-26-4)7-8-14(13)34-15/h7-9,15,17-19,22,26H,5-6,10-11,25H2,1-4H3,(H,32,33). The first kappa shape index (κ1) is 25.5. The van der Waals surface area contributed by atoms with Gasteiger partial charge in [-0.05, 0) is 44.5 Å². The van der Waals surface area contributed by atoms with Gasteiger partial charge in [-0.15, -0.1) is 11.8 Å². The van der Waals surface area contributed by atoms with E-state index in [4.69, 9.17) is 10.5 Å². The molecule has 2 fully saturated rings. The molecule has 5 unspecified atom stereocenters. The third-order valence-corrected chi connectivity index (χ3v) is 8.34. The van der Waals surface area contributed by atoms with E-state index >= 15 is 0 Å². The SMILES string of the molecule is CCCC(=O)N(C(=O)C(N)C1Cc2cc(CNC)ccc2O1)C1C(=O)N2C1SC(C)(C)C2C(=O)O. The van der Waals surface area contributed by atoms with Crippen LogP contribution in [0.1, 0.15) is 44.7 Å². The van der Waals surface area contributed by atoms with Gasteiger partial charge in [0.05, 0.1) is 0 Å². The lowest BCUT2D eigenvalue weighted by Crippen LogP contribution is -2.73. The van der Waals surface area contributed by atoms with Crippen LogP contribution in [0.4, 0.5) is 0 Å². The lowest BCUT2D eigenvalue weighted by Gasteiger charge is -2.48. The van der Waals surface area contributed by atoms with Crippen LogP contribution in [0.15, 0.2) is 18.2 Å². The predicted molar refractivity (Wildman–Crippen MR) is 130 cm³/mol. The Kier molecular flexibility index (Phi) is 6.87. The quantitative estimate of drug-likeness (QED) is 0.436. The number of nitrogens with one attached hydrogen (secondary N) is 1. The summed E-state index contributed by atoms with van der Waals surface area (Å²) in [5.41, 5.74) is 8.36. The second-order valence-electron chi connectivity index (χ2n) is 9.75. The Labute approximate surface area is 208 Å². The molecular weight excluding hydrogens is 472 g/mol. The summed E-state index contributed by atoms with van der Waals surface area (Å²) >= 11 is 1.29. The Morgan fingerprint density at radius 1 is 1.37 bits per heavy atom. The molecule has 11 heteroatoms. The number of hydrogen-bond donors (Lipinski definition) is 3. The minimum Gasteiger partial charge on any atom is -0.488 e. The van der Waals surface area contributed by atoms with E-state index in [0.29, 0.717) is 25.1 Å². The lowest BCUT2D eigenvalue weighted by molar-refractivity contribution is -0.172. The highest BCUT2D eigenvalue weighted by Gasteiger charge is 2.66. The Bertz CT molecular complexity index is 1060. The van der Waals surface area contributed by atoms with Crippen LogP contribution in [-0.4, -0.2) is 80.0 Å². The van der Waals surface area contributed by atoms with Crippen LogP contribution in [0, 0.1) is 0 Å². The molecule has 10 nitrogen and oxygen atoms in total. The Morgan fingerprint density at radius 3 is 2.71 bits per heavy atom. The average Bonchev–Trinajstić information content (AvgIpc) is 3.32. The molecule has 0 radical (unpaired) electrons. The van der Waals surface area contributed by atoms with Crippen molar-refractivity contribution in [1.82, 2.24) is 15.1 Å². The van der Waals surface area contributed by atoms with E-state index in [1.807, 2.05) is 32.2 Å². The van der Waals surface area contributed by atoms with Crippen molar-refractivity contribution < 1.29 is 29.0 Å². The second kappa shape index (κ2) is 9.44. The fraction of sp³-hybridized carbons (Fsp3) is 0.583. The number of hydrogen-bond acceptors (Lipinski definition) is 8. The number of rotatable bonds is 8. The molecule has 190 valence electrons. The molecule has 1 aromatic carbocycles. The minimum absolute atomic E-state index is 0.0739. The first-order valence-electron chi connectivity index (χ1n) is 11.8. The molecule has 0 aliphatic carbocycles. The van der Waals surface area contributed by atoms with Crippen LogP contribution in [0.2, 0.25) is 0 Å². The summed E-state index contributed by atoms with van der Waals surface area (Å²) in [6.45, 7) is 5.99. The maximum absolute atomic E-state index is 13.6. The lowest BCUT2D eigenvalue weighted by atomic mass is 9.94. The Morgan fingerprint density at radius 2 is 2.09 bits per heavy atom. The zero-order chi connectivity index (χ0) is 25.7. The summed E-state index contributed by atoms with van der Waals surface area (Å²) < 4.78 is 5.19. The summed E-state index contributed by atoms with van der Waals surface area (Å²) in [6.07, 6.45) is 0.297.